The smallest absolute Gasteiger partial charge is 0.223 e. The van der Waals surface area contributed by atoms with Crippen LogP contribution in [-0.4, -0.2) is 75.8 Å². The van der Waals surface area contributed by atoms with Crippen LogP contribution in [0.3, 0.4) is 0 Å². The van der Waals surface area contributed by atoms with E-state index in [-0.39, 0.29) is 11.8 Å². The number of carbonyl (C=O) groups is 1. The van der Waals surface area contributed by atoms with Crippen molar-refractivity contribution in [2.45, 2.75) is 52.0 Å². The van der Waals surface area contributed by atoms with Crippen LogP contribution < -0.4 is 16.0 Å². The van der Waals surface area contributed by atoms with Gasteiger partial charge in [0.2, 0.25) is 5.91 Å². The lowest BCUT2D eigenvalue weighted by Crippen LogP contribution is -2.53. The Hall–Kier alpha value is -1.34. The molecule has 0 aromatic heterocycles. The second kappa shape index (κ2) is 12.2. The average molecular weight is 382 g/mol. The third-order valence-corrected chi connectivity index (χ3v) is 5.68. The third kappa shape index (κ3) is 7.66. The van der Waals surface area contributed by atoms with Gasteiger partial charge in [0.05, 0.1) is 13.2 Å². The van der Waals surface area contributed by atoms with Crippen LogP contribution in [0, 0.1) is 11.8 Å². The average Bonchev–Trinajstić information content (AvgIpc) is 2.70. The zero-order chi connectivity index (χ0) is 19.5. The van der Waals surface area contributed by atoms with E-state index in [2.05, 4.69) is 39.7 Å². The summed E-state index contributed by atoms with van der Waals surface area (Å²) >= 11 is 0. The second-order valence-electron chi connectivity index (χ2n) is 7.97. The van der Waals surface area contributed by atoms with Crippen LogP contribution in [0.15, 0.2) is 4.99 Å². The van der Waals surface area contributed by atoms with Gasteiger partial charge in [0.25, 0.3) is 0 Å². The van der Waals surface area contributed by atoms with E-state index in [0.29, 0.717) is 25.0 Å². The van der Waals surface area contributed by atoms with E-state index in [1.54, 1.807) is 7.05 Å². The number of aliphatic imine (C=N–C) groups is 1. The molecule has 1 amide bonds. The highest BCUT2D eigenvalue weighted by molar-refractivity contribution is 5.80. The Morgan fingerprint density at radius 1 is 1.07 bits per heavy atom. The first-order valence-electron chi connectivity index (χ1n) is 10.7. The predicted octanol–water partition coefficient (Wildman–Crippen LogP) is 1.20. The van der Waals surface area contributed by atoms with Crippen molar-refractivity contribution in [3.63, 3.8) is 0 Å². The summed E-state index contributed by atoms with van der Waals surface area (Å²) in [6, 6.07) is 0.457. The van der Waals surface area contributed by atoms with Crippen molar-refractivity contribution >= 4 is 11.9 Å². The number of hydrogen-bond acceptors (Lipinski definition) is 4. The maximum absolute atomic E-state index is 12.2. The zero-order valence-corrected chi connectivity index (χ0v) is 17.4. The lowest BCUT2D eigenvalue weighted by atomic mass is 9.89. The number of amides is 1. The highest BCUT2D eigenvalue weighted by Gasteiger charge is 2.24. The number of ether oxygens (including phenoxy) is 1. The van der Waals surface area contributed by atoms with Gasteiger partial charge in [-0.3, -0.25) is 14.7 Å². The summed E-state index contributed by atoms with van der Waals surface area (Å²) in [7, 11) is 1.79. The molecule has 0 aromatic rings. The van der Waals surface area contributed by atoms with Gasteiger partial charge in [-0.15, -0.1) is 0 Å². The van der Waals surface area contributed by atoms with Gasteiger partial charge in [-0.2, -0.15) is 0 Å². The van der Waals surface area contributed by atoms with Crippen molar-refractivity contribution in [1.82, 2.24) is 20.9 Å². The van der Waals surface area contributed by atoms with Crippen molar-refractivity contribution in [1.29, 1.82) is 0 Å². The maximum Gasteiger partial charge on any atom is 0.223 e. The van der Waals surface area contributed by atoms with Crippen molar-refractivity contribution in [3.05, 3.63) is 0 Å². The van der Waals surface area contributed by atoms with Crippen LogP contribution in [-0.2, 0) is 9.53 Å². The molecule has 7 nitrogen and oxygen atoms in total. The van der Waals surface area contributed by atoms with Crippen molar-refractivity contribution in [3.8, 4) is 0 Å². The summed E-state index contributed by atoms with van der Waals surface area (Å²) < 4.78 is 5.47. The van der Waals surface area contributed by atoms with Crippen LogP contribution in [0.1, 0.15) is 46.0 Å². The predicted molar refractivity (Wildman–Crippen MR) is 110 cm³/mol. The summed E-state index contributed by atoms with van der Waals surface area (Å²) in [4.78, 5) is 19.0. The number of nitrogens with zero attached hydrogens (tertiary/aromatic N) is 2. The summed E-state index contributed by atoms with van der Waals surface area (Å²) in [6.07, 6.45) is 5.73. The molecule has 156 valence electrons. The van der Waals surface area contributed by atoms with Gasteiger partial charge in [0, 0.05) is 51.7 Å². The van der Waals surface area contributed by atoms with E-state index in [4.69, 9.17) is 4.74 Å². The molecule has 0 radical (unpaired) electrons. The van der Waals surface area contributed by atoms with Crippen LogP contribution in [0.4, 0.5) is 0 Å². The maximum atomic E-state index is 12.2. The highest BCUT2D eigenvalue weighted by atomic mass is 16.5. The molecular weight excluding hydrogens is 342 g/mol. The number of hydrogen-bond donors (Lipinski definition) is 3. The fourth-order valence-corrected chi connectivity index (χ4v) is 3.99. The van der Waals surface area contributed by atoms with E-state index in [1.165, 1.54) is 19.3 Å². The Morgan fingerprint density at radius 2 is 1.74 bits per heavy atom. The summed E-state index contributed by atoms with van der Waals surface area (Å²) in [5, 5.41) is 9.81. The molecule has 27 heavy (non-hydrogen) atoms. The Morgan fingerprint density at radius 3 is 2.37 bits per heavy atom. The van der Waals surface area contributed by atoms with E-state index in [1.807, 2.05) is 0 Å². The number of nitrogens with one attached hydrogen (secondary N) is 3. The Kier molecular flexibility index (Phi) is 9.91. The molecule has 0 bridgehead atoms. The molecule has 2 aliphatic rings. The summed E-state index contributed by atoms with van der Waals surface area (Å²) in [6.45, 7) is 10.3. The van der Waals surface area contributed by atoms with Crippen molar-refractivity contribution in [2.24, 2.45) is 16.8 Å². The van der Waals surface area contributed by atoms with Crippen LogP contribution in [0.25, 0.3) is 0 Å². The second-order valence-corrected chi connectivity index (χ2v) is 7.97. The minimum atomic E-state index is 0.214. The quantitative estimate of drug-likeness (QED) is 0.335. The molecule has 2 fully saturated rings. The van der Waals surface area contributed by atoms with E-state index >= 15 is 0 Å². The first kappa shape index (κ1) is 22.0. The SMILES string of the molecule is CN=C(NCCNC(=O)C1CCCCC1)NCC(C(C)C)N1CCOCC1. The lowest BCUT2D eigenvalue weighted by molar-refractivity contribution is -0.125. The topological polar surface area (TPSA) is 78.0 Å². The molecule has 1 saturated heterocycles. The number of rotatable bonds is 8. The molecule has 1 aliphatic carbocycles. The first-order chi connectivity index (χ1) is 13.1. The number of carbonyl (C=O) groups excluding carboxylic acids is 1. The third-order valence-electron chi connectivity index (χ3n) is 5.68. The van der Waals surface area contributed by atoms with Crippen LogP contribution in [0.5, 0.6) is 0 Å². The Balaban J connectivity index is 1.66. The molecule has 1 aliphatic heterocycles. The normalized spacial score (nSPS) is 21.1. The molecule has 1 heterocycles. The Labute approximate surface area is 164 Å². The van der Waals surface area contributed by atoms with Crippen molar-refractivity contribution < 1.29 is 9.53 Å². The zero-order valence-electron chi connectivity index (χ0n) is 17.4. The molecule has 3 N–H and O–H groups in total. The number of guanidine groups is 1. The number of morpholine rings is 1. The van der Waals surface area contributed by atoms with Crippen LogP contribution in [0.2, 0.25) is 0 Å². The van der Waals surface area contributed by atoms with Gasteiger partial charge in [-0.25, -0.2) is 0 Å². The fourth-order valence-electron chi connectivity index (χ4n) is 3.99. The van der Waals surface area contributed by atoms with Gasteiger partial charge in [-0.05, 0) is 18.8 Å². The minimum Gasteiger partial charge on any atom is -0.379 e. The van der Waals surface area contributed by atoms with E-state index < -0.39 is 0 Å². The lowest BCUT2D eigenvalue weighted by Gasteiger charge is -2.37. The molecule has 0 spiro atoms. The molecular formula is C20H39N5O2. The first-order valence-corrected chi connectivity index (χ1v) is 10.7. The Bertz CT molecular complexity index is 457. The fraction of sp³-hybridized carbons (Fsp3) is 0.900. The van der Waals surface area contributed by atoms with E-state index in [9.17, 15) is 4.79 Å². The minimum absolute atomic E-state index is 0.214. The summed E-state index contributed by atoms with van der Waals surface area (Å²) in [5.74, 6) is 1.78. The highest BCUT2D eigenvalue weighted by Crippen LogP contribution is 2.23. The molecule has 1 atom stereocenters. The summed E-state index contributed by atoms with van der Waals surface area (Å²) in [5.41, 5.74) is 0. The van der Waals surface area contributed by atoms with Gasteiger partial charge in [0.15, 0.2) is 5.96 Å². The molecule has 1 saturated carbocycles. The molecule has 0 aromatic carbocycles. The van der Waals surface area contributed by atoms with Gasteiger partial charge < -0.3 is 20.7 Å². The van der Waals surface area contributed by atoms with E-state index in [0.717, 1.165) is 51.6 Å². The molecule has 1 unspecified atom stereocenters. The largest absolute Gasteiger partial charge is 0.379 e. The van der Waals surface area contributed by atoms with Gasteiger partial charge >= 0.3 is 0 Å². The van der Waals surface area contributed by atoms with Gasteiger partial charge in [0.1, 0.15) is 0 Å². The van der Waals surface area contributed by atoms with Gasteiger partial charge in [-0.1, -0.05) is 33.1 Å². The molecule has 2 rings (SSSR count). The molecule has 7 heteroatoms. The van der Waals surface area contributed by atoms with Crippen LogP contribution >= 0.6 is 0 Å². The monoisotopic (exact) mass is 381 g/mol. The van der Waals surface area contributed by atoms with Crippen molar-refractivity contribution in [2.75, 3.05) is 53.0 Å². The standard InChI is InChI=1S/C20H39N5O2/c1-16(2)18(25-11-13-27-14-12-25)15-24-20(21-3)23-10-9-22-19(26)17-7-5-4-6-8-17/h16-18H,4-15H2,1-3H3,(H,22,26)(H2,21,23,24).